The molecule has 0 radical (unpaired) electrons. The fourth-order valence-electron chi connectivity index (χ4n) is 1.52. The standard InChI is InChI=1S/C11H10Br2O2S2/c1-16-10-8(12)11(13)17-9(10)7(15)4-6(14)5-2-3-5/h5H,2-4H2,1H3. The van der Waals surface area contributed by atoms with Crippen LogP contribution >= 0.6 is 55.0 Å². The van der Waals surface area contributed by atoms with Gasteiger partial charge in [0, 0.05) is 10.8 Å². The topological polar surface area (TPSA) is 34.1 Å². The van der Waals surface area contributed by atoms with Gasteiger partial charge in [-0.05, 0) is 51.0 Å². The molecule has 0 amide bonds. The first kappa shape index (κ1) is 13.8. The predicted molar refractivity (Wildman–Crippen MR) is 78.2 cm³/mol. The van der Waals surface area contributed by atoms with Crippen LogP contribution in [0.1, 0.15) is 28.9 Å². The van der Waals surface area contributed by atoms with Gasteiger partial charge in [0.1, 0.15) is 5.78 Å². The van der Waals surface area contributed by atoms with Crippen LogP contribution < -0.4 is 0 Å². The van der Waals surface area contributed by atoms with Crippen LogP contribution in [0.25, 0.3) is 0 Å². The summed E-state index contributed by atoms with van der Waals surface area (Å²) in [6.07, 6.45) is 3.90. The lowest BCUT2D eigenvalue weighted by Crippen LogP contribution is -2.09. The maximum atomic E-state index is 12.1. The quantitative estimate of drug-likeness (QED) is 0.415. The van der Waals surface area contributed by atoms with Crippen LogP contribution in [0.4, 0.5) is 0 Å². The smallest absolute Gasteiger partial charge is 0.181 e. The molecule has 17 heavy (non-hydrogen) atoms. The van der Waals surface area contributed by atoms with Crippen molar-refractivity contribution in [1.82, 2.24) is 0 Å². The summed E-state index contributed by atoms with van der Waals surface area (Å²) < 4.78 is 1.82. The Morgan fingerprint density at radius 1 is 1.41 bits per heavy atom. The molecule has 0 atom stereocenters. The molecule has 1 aliphatic rings. The fraction of sp³-hybridized carbons (Fsp3) is 0.455. The molecule has 0 aromatic carbocycles. The first-order valence-electron chi connectivity index (χ1n) is 5.12. The van der Waals surface area contributed by atoms with Crippen molar-refractivity contribution in [2.75, 3.05) is 6.26 Å². The number of Topliss-reactive ketones (excluding diaryl/α,β-unsaturated/α-hetero) is 2. The van der Waals surface area contributed by atoms with Crippen LogP contribution in [0.2, 0.25) is 0 Å². The van der Waals surface area contributed by atoms with E-state index >= 15 is 0 Å². The van der Waals surface area contributed by atoms with E-state index in [2.05, 4.69) is 31.9 Å². The second-order valence-corrected chi connectivity index (χ2v) is 7.84. The molecule has 0 unspecified atom stereocenters. The summed E-state index contributed by atoms with van der Waals surface area (Å²) in [6, 6.07) is 0. The number of carbonyl (C=O) groups excluding carboxylic acids is 2. The maximum Gasteiger partial charge on any atom is 0.181 e. The van der Waals surface area contributed by atoms with Gasteiger partial charge in [0.05, 0.1) is 19.6 Å². The van der Waals surface area contributed by atoms with E-state index in [0.717, 1.165) is 26.0 Å². The average molecular weight is 398 g/mol. The zero-order valence-electron chi connectivity index (χ0n) is 9.09. The van der Waals surface area contributed by atoms with Crippen LogP contribution in [0.3, 0.4) is 0 Å². The van der Waals surface area contributed by atoms with Crippen LogP contribution in [-0.2, 0) is 4.79 Å². The highest BCUT2D eigenvalue weighted by molar-refractivity contribution is 9.13. The highest BCUT2D eigenvalue weighted by Crippen LogP contribution is 2.43. The number of thiophene rings is 1. The zero-order chi connectivity index (χ0) is 12.6. The molecule has 0 aliphatic heterocycles. The van der Waals surface area contributed by atoms with Crippen molar-refractivity contribution in [2.45, 2.75) is 24.2 Å². The first-order chi connectivity index (χ1) is 8.04. The number of thioether (sulfide) groups is 1. The van der Waals surface area contributed by atoms with Gasteiger partial charge in [0.2, 0.25) is 0 Å². The summed E-state index contributed by atoms with van der Waals surface area (Å²) in [5.74, 6) is 0.203. The van der Waals surface area contributed by atoms with Crippen molar-refractivity contribution in [3.63, 3.8) is 0 Å². The van der Waals surface area contributed by atoms with Gasteiger partial charge in [-0.25, -0.2) is 0 Å². The van der Waals surface area contributed by atoms with E-state index in [1.165, 1.54) is 23.1 Å². The lowest BCUT2D eigenvalue weighted by molar-refractivity contribution is -0.119. The Morgan fingerprint density at radius 2 is 2.06 bits per heavy atom. The minimum atomic E-state index is -0.0531. The molecule has 1 aliphatic carbocycles. The molecule has 2 rings (SSSR count). The number of carbonyl (C=O) groups is 2. The number of hydrogen-bond donors (Lipinski definition) is 0. The molecule has 1 heterocycles. The minimum absolute atomic E-state index is 0.0531. The lowest BCUT2D eigenvalue weighted by atomic mass is 10.1. The van der Waals surface area contributed by atoms with Crippen molar-refractivity contribution < 1.29 is 9.59 Å². The Morgan fingerprint density at radius 3 is 2.59 bits per heavy atom. The van der Waals surface area contributed by atoms with Crippen molar-refractivity contribution in [1.29, 1.82) is 0 Å². The molecule has 0 N–H and O–H groups in total. The Labute approximate surface area is 125 Å². The third kappa shape index (κ3) is 3.03. The highest BCUT2D eigenvalue weighted by Gasteiger charge is 2.32. The van der Waals surface area contributed by atoms with Crippen molar-refractivity contribution in [2.24, 2.45) is 5.92 Å². The van der Waals surface area contributed by atoms with Gasteiger partial charge in [-0.3, -0.25) is 9.59 Å². The van der Waals surface area contributed by atoms with E-state index in [9.17, 15) is 9.59 Å². The summed E-state index contributed by atoms with van der Waals surface area (Å²) in [4.78, 5) is 25.3. The lowest BCUT2D eigenvalue weighted by Gasteiger charge is -2.00. The summed E-state index contributed by atoms with van der Waals surface area (Å²) in [6.45, 7) is 0. The summed E-state index contributed by atoms with van der Waals surface area (Å²) in [5, 5.41) is 0. The van der Waals surface area contributed by atoms with Crippen LogP contribution in [0.15, 0.2) is 13.2 Å². The predicted octanol–water partition coefficient (Wildman–Crippen LogP) is 4.55. The second kappa shape index (κ2) is 5.55. The molecule has 92 valence electrons. The van der Waals surface area contributed by atoms with Crippen molar-refractivity contribution in [3.8, 4) is 0 Å². The molecule has 0 spiro atoms. The number of rotatable bonds is 5. The Bertz CT molecular complexity index is 478. The van der Waals surface area contributed by atoms with E-state index < -0.39 is 0 Å². The van der Waals surface area contributed by atoms with E-state index in [4.69, 9.17) is 0 Å². The molecule has 0 bridgehead atoms. The van der Waals surface area contributed by atoms with Gasteiger partial charge in [0.25, 0.3) is 0 Å². The van der Waals surface area contributed by atoms with Gasteiger partial charge in [-0.1, -0.05) is 0 Å². The van der Waals surface area contributed by atoms with E-state index in [1.807, 2.05) is 6.26 Å². The molecular weight excluding hydrogens is 388 g/mol. The molecule has 0 saturated heterocycles. The molecule has 2 nitrogen and oxygen atoms in total. The molecule has 6 heteroatoms. The summed E-state index contributed by atoms with van der Waals surface area (Å²) in [7, 11) is 0. The largest absolute Gasteiger partial charge is 0.299 e. The molecule has 1 saturated carbocycles. The van der Waals surface area contributed by atoms with Gasteiger partial charge in [-0.2, -0.15) is 0 Å². The second-order valence-electron chi connectivity index (χ2n) is 3.89. The first-order valence-corrected chi connectivity index (χ1v) is 8.75. The summed E-state index contributed by atoms with van der Waals surface area (Å²) >= 11 is 9.77. The van der Waals surface area contributed by atoms with Crippen LogP contribution in [0, 0.1) is 5.92 Å². The fourth-order valence-corrected chi connectivity index (χ4v) is 5.17. The Hall–Kier alpha value is 0.350. The van der Waals surface area contributed by atoms with Gasteiger partial charge >= 0.3 is 0 Å². The molecule has 1 aromatic heterocycles. The molecule has 1 aromatic rings. The highest BCUT2D eigenvalue weighted by atomic mass is 79.9. The van der Waals surface area contributed by atoms with Gasteiger partial charge < -0.3 is 0 Å². The van der Waals surface area contributed by atoms with E-state index in [1.54, 1.807) is 0 Å². The van der Waals surface area contributed by atoms with Crippen LogP contribution in [-0.4, -0.2) is 17.8 Å². The SMILES string of the molecule is CSc1c(C(=O)CC(=O)C2CC2)sc(Br)c1Br. The molecule has 1 fully saturated rings. The number of halogens is 2. The Kier molecular flexibility index (Phi) is 4.50. The van der Waals surface area contributed by atoms with Gasteiger partial charge in [-0.15, -0.1) is 23.1 Å². The maximum absolute atomic E-state index is 12.1. The van der Waals surface area contributed by atoms with E-state index in [0.29, 0.717) is 4.88 Å². The van der Waals surface area contributed by atoms with Crippen molar-refractivity contribution >= 4 is 66.5 Å². The zero-order valence-corrected chi connectivity index (χ0v) is 13.9. The average Bonchev–Trinajstić information content (AvgIpc) is 3.08. The monoisotopic (exact) mass is 396 g/mol. The van der Waals surface area contributed by atoms with Gasteiger partial charge in [0.15, 0.2) is 5.78 Å². The normalized spacial score (nSPS) is 15.0. The molecular formula is C11H10Br2O2S2. The Balaban J connectivity index is 2.18. The number of ketones is 2. The third-order valence-electron chi connectivity index (χ3n) is 2.59. The van der Waals surface area contributed by atoms with Crippen LogP contribution in [0.5, 0.6) is 0 Å². The van der Waals surface area contributed by atoms with E-state index in [-0.39, 0.29) is 23.9 Å². The number of hydrogen-bond acceptors (Lipinski definition) is 4. The third-order valence-corrected chi connectivity index (χ3v) is 7.29. The summed E-state index contributed by atoms with van der Waals surface area (Å²) in [5.41, 5.74) is 0. The van der Waals surface area contributed by atoms with Crippen molar-refractivity contribution in [3.05, 3.63) is 13.1 Å². The minimum Gasteiger partial charge on any atom is -0.299 e.